The highest BCUT2D eigenvalue weighted by molar-refractivity contribution is 7.92. The van der Waals surface area contributed by atoms with Crippen LogP contribution >= 0.6 is 0 Å². The Morgan fingerprint density at radius 2 is 1.76 bits per heavy atom. The number of sulfonamides is 1. The van der Waals surface area contributed by atoms with Gasteiger partial charge in [0.25, 0.3) is 5.91 Å². The zero-order valence-corrected chi connectivity index (χ0v) is 20.0. The van der Waals surface area contributed by atoms with Gasteiger partial charge in [-0.25, -0.2) is 8.42 Å². The molecule has 0 aliphatic carbocycles. The molecule has 10 heteroatoms. The summed E-state index contributed by atoms with van der Waals surface area (Å²) in [5.74, 6) is 0.172. The smallest absolute Gasteiger partial charge is 0.253 e. The minimum Gasteiger partial charge on any atom is -0.494 e. The van der Waals surface area contributed by atoms with E-state index in [4.69, 9.17) is 9.15 Å². The van der Waals surface area contributed by atoms with Crippen LogP contribution in [0.3, 0.4) is 0 Å². The van der Waals surface area contributed by atoms with E-state index in [1.165, 1.54) is 13.2 Å². The van der Waals surface area contributed by atoms with Gasteiger partial charge in [0.15, 0.2) is 0 Å². The number of carbonyl (C=O) groups excluding carboxylic acids is 2. The molecule has 3 rings (SSSR count). The number of rotatable bonds is 10. The van der Waals surface area contributed by atoms with Crippen molar-refractivity contribution in [3.05, 3.63) is 78.3 Å². The van der Waals surface area contributed by atoms with E-state index in [0.29, 0.717) is 23.8 Å². The number of nitrogens with zero attached hydrogens (tertiary/aromatic N) is 1. The van der Waals surface area contributed by atoms with Gasteiger partial charge in [0, 0.05) is 0 Å². The van der Waals surface area contributed by atoms with Crippen molar-refractivity contribution in [2.75, 3.05) is 22.5 Å². The summed E-state index contributed by atoms with van der Waals surface area (Å²) in [5, 5.41) is 5.41. The van der Waals surface area contributed by atoms with Gasteiger partial charge >= 0.3 is 0 Å². The van der Waals surface area contributed by atoms with Crippen LogP contribution in [0.2, 0.25) is 0 Å². The Morgan fingerprint density at radius 1 is 1.06 bits per heavy atom. The number of ether oxygens (including phenoxy) is 1. The summed E-state index contributed by atoms with van der Waals surface area (Å²) < 4.78 is 36.7. The molecule has 0 aliphatic rings. The lowest BCUT2D eigenvalue weighted by Crippen LogP contribution is -2.45. The van der Waals surface area contributed by atoms with E-state index in [2.05, 4.69) is 10.6 Å². The summed E-state index contributed by atoms with van der Waals surface area (Å²) in [4.78, 5) is 25.8. The largest absolute Gasteiger partial charge is 0.494 e. The minimum atomic E-state index is -3.80. The first-order valence-electron chi connectivity index (χ1n) is 10.6. The second-order valence-electron chi connectivity index (χ2n) is 7.46. The number of benzene rings is 2. The SMILES string of the molecule is CCOc1ccc(N([C@@H](C)C(=O)Nc2ccccc2C(=O)NCc2ccco2)S(C)(=O)=O)cc1. The number of para-hydroxylation sites is 1. The van der Waals surface area contributed by atoms with E-state index >= 15 is 0 Å². The maximum atomic E-state index is 13.1. The number of nitrogens with one attached hydrogen (secondary N) is 2. The molecule has 2 amide bonds. The molecule has 0 saturated carbocycles. The number of anilines is 2. The molecule has 0 saturated heterocycles. The Bertz CT molecular complexity index is 1220. The molecule has 1 aromatic heterocycles. The van der Waals surface area contributed by atoms with E-state index < -0.39 is 27.9 Å². The molecule has 3 aromatic rings. The second kappa shape index (κ2) is 10.9. The van der Waals surface area contributed by atoms with E-state index in [0.717, 1.165) is 10.6 Å². The topological polar surface area (TPSA) is 118 Å². The number of amides is 2. The van der Waals surface area contributed by atoms with Crippen LogP contribution in [0.4, 0.5) is 11.4 Å². The van der Waals surface area contributed by atoms with Crippen LogP contribution in [-0.2, 0) is 21.4 Å². The van der Waals surface area contributed by atoms with Crippen molar-refractivity contribution < 1.29 is 27.2 Å². The van der Waals surface area contributed by atoms with Crippen LogP contribution in [0.1, 0.15) is 30.0 Å². The van der Waals surface area contributed by atoms with Gasteiger partial charge in [-0.05, 0) is 62.4 Å². The molecule has 9 nitrogen and oxygen atoms in total. The van der Waals surface area contributed by atoms with Crippen LogP contribution in [0.5, 0.6) is 5.75 Å². The Balaban J connectivity index is 1.78. The fraction of sp³-hybridized carbons (Fsp3) is 0.250. The predicted molar refractivity (Wildman–Crippen MR) is 129 cm³/mol. The zero-order valence-electron chi connectivity index (χ0n) is 19.1. The molecular formula is C24H27N3O6S. The van der Waals surface area contributed by atoms with Crippen molar-refractivity contribution in [3.63, 3.8) is 0 Å². The highest BCUT2D eigenvalue weighted by Crippen LogP contribution is 2.25. The molecule has 2 aromatic carbocycles. The summed E-state index contributed by atoms with van der Waals surface area (Å²) in [6.07, 6.45) is 2.54. The third-order valence-electron chi connectivity index (χ3n) is 4.92. The first-order valence-corrected chi connectivity index (χ1v) is 12.5. The van der Waals surface area contributed by atoms with Gasteiger partial charge in [0.2, 0.25) is 15.9 Å². The molecule has 0 radical (unpaired) electrons. The molecule has 2 N–H and O–H groups in total. The van der Waals surface area contributed by atoms with E-state index in [1.54, 1.807) is 60.7 Å². The average Bonchev–Trinajstić information content (AvgIpc) is 3.32. The molecule has 34 heavy (non-hydrogen) atoms. The number of carbonyl (C=O) groups is 2. The monoisotopic (exact) mass is 485 g/mol. The Labute approximate surface area is 198 Å². The third kappa shape index (κ3) is 6.16. The lowest BCUT2D eigenvalue weighted by atomic mass is 10.1. The highest BCUT2D eigenvalue weighted by Gasteiger charge is 2.30. The van der Waals surface area contributed by atoms with E-state index in [-0.39, 0.29) is 17.8 Å². The molecule has 0 aliphatic heterocycles. The quantitative estimate of drug-likeness (QED) is 0.454. The summed E-state index contributed by atoms with van der Waals surface area (Å²) >= 11 is 0. The summed E-state index contributed by atoms with van der Waals surface area (Å²) in [7, 11) is -3.80. The van der Waals surface area contributed by atoms with E-state index in [1.807, 2.05) is 6.92 Å². The Morgan fingerprint density at radius 3 is 2.38 bits per heavy atom. The van der Waals surface area contributed by atoms with Crippen molar-refractivity contribution in [2.45, 2.75) is 26.4 Å². The minimum absolute atomic E-state index is 0.185. The van der Waals surface area contributed by atoms with Crippen LogP contribution in [-0.4, -0.2) is 39.1 Å². The Hall–Kier alpha value is -3.79. The highest BCUT2D eigenvalue weighted by atomic mass is 32.2. The van der Waals surface area contributed by atoms with Crippen LogP contribution in [0.25, 0.3) is 0 Å². The van der Waals surface area contributed by atoms with Crippen molar-refractivity contribution >= 4 is 33.2 Å². The van der Waals surface area contributed by atoms with Crippen molar-refractivity contribution in [3.8, 4) is 5.75 Å². The zero-order chi connectivity index (χ0) is 24.7. The number of hydrogen-bond acceptors (Lipinski definition) is 6. The van der Waals surface area contributed by atoms with Gasteiger partial charge in [-0.2, -0.15) is 0 Å². The van der Waals surface area contributed by atoms with Gasteiger partial charge in [-0.3, -0.25) is 13.9 Å². The summed E-state index contributed by atoms with van der Waals surface area (Å²) in [6.45, 7) is 3.98. The van der Waals surface area contributed by atoms with Gasteiger partial charge < -0.3 is 19.8 Å². The first kappa shape index (κ1) is 24.8. The average molecular weight is 486 g/mol. The lowest BCUT2D eigenvalue weighted by molar-refractivity contribution is -0.116. The molecule has 0 unspecified atom stereocenters. The second-order valence-corrected chi connectivity index (χ2v) is 9.32. The van der Waals surface area contributed by atoms with Gasteiger partial charge in [0.05, 0.1) is 42.6 Å². The Kier molecular flexibility index (Phi) is 7.95. The molecule has 0 bridgehead atoms. The fourth-order valence-electron chi connectivity index (χ4n) is 3.37. The third-order valence-corrected chi connectivity index (χ3v) is 6.17. The summed E-state index contributed by atoms with van der Waals surface area (Å²) in [5.41, 5.74) is 0.816. The van der Waals surface area contributed by atoms with Crippen LogP contribution in [0.15, 0.2) is 71.3 Å². The summed E-state index contributed by atoms with van der Waals surface area (Å²) in [6, 6.07) is 15.3. The standard InChI is InChI=1S/C24H27N3O6S/c1-4-32-19-13-11-18(12-14-19)27(34(3,30)31)17(2)23(28)26-22-10-6-5-9-21(22)24(29)25-16-20-8-7-15-33-20/h5-15,17H,4,16H2,1-3H3,(H,25,29)(H,26,28)/t17-/m0/s1. The first-order chi connectivity index (χ1) is 16.2. The molecular weight excluding hydrogens is 458 g/mol. The van der Waals surface area contributed by atoms with Crippen molar-refractivity contribution in [1.82, 2.24) is 5.32 Å². The van der Waals surface area contributed by atoms with E-state index in [9.17, 15) is 18.0 Å². The number of hydrogen-bond donors (Lipinski definition) is 2. The maximum Gasteiger partial charge on any atom is 0.253 e. The van der Waals surface area contributed by atoms with Crippen molar-refractivity contribution in [2.24, 2.45) is 0 Å². The molecule has 0 fully saturated rings. The molecule has 1 heterocycles. The van der Waals surface area contributed by atoms with Gasteiger partial charge in [-0.15, -0.1) is 0 Å². The van der Waals surface area contributed by atoms with Gasteiger partial charge in [-0.1, -0.05) is 12.1 Å². The molecule has 0 spiro atoms. The van der Waals surface area contributed by atoms with Crippen LogP contribution < -0.4 is 19.7 Å². The maximum absolute atomic E-state index is 13.1. The van der Waals surface area contributed by atoms with Crippen molar-refractivity contribution in [1.29, 1.82) is 0 Å². The molecule has 180 valence electrons. The lowest BCUT2D eigenvalue weighted by Gasteiger charge is -2.28. The number of furan rings is 1. The van der Waals surface area contributed by atoms with Crippen LogP contribution in [0, 0.1) is 0 Å². The fourth-order valence-corrected chi connectivity index (χ4v) is 4.54. The van der Waals surface area contributed by atoms with Gasteiger partial charge in [0.1, 0.15) is 17.6 Å². The molecule has 1 atom stereocenters. The normalized spacial score (nSPS) is 12.0. The predicted octanol–water partition coefficient (Wildman–Crippen LogP) is 3.40.